The van der Waals surface area contributed by atoms with Gasteiger partial charge >= 0.3 is 12.1 Å². The highest BCUT2D eigenvalue weighted by Crippen LogP contribution is 2.00. The van der Waals surface area contributed by atoms with E-state index in [0.717, 1.165) is 5.56 Å². The van der Waals surface area contributed by atoms with Gasteiger partial charge in [-0.25, -0.2) is 4.79 Å². The van der Waals surface area contributed by atoms with Gasteiger partial charge in [0.05, 0.1) is 92.5 Å². The average Bonchev–Trinajstić information content (AvgIpc) is 2.92. The van der Waals surface area contributed by atoms with Crippen molar-refractivity contribution in [3.8, 4) is 0 Å². The van der Waals surface area contributed by atoms with E-state index in [1.807, 2.05) is 30.3 Å². The average molecular weight is 546 g/mol. The van der Waals surface area contributed by atoms with E-state index in [4.69, 9.17) is 42.6 Å². The van der Waals surface area contributed by atoms with E-state index >= 15 is 0 Å². The number of esters is 1. The predicted molar refractivity (Wildman–Crippen MR) is 137 cm³/mol. The smallest absolute Gasteiger partial charge is 0.407 e. The fraction of sp³-hybridized carbons (Fsp3) is 0.692. The highest BCUT2D eigenvalue weighted by atomic mass is 16.6. The van der Waals surface area contributed by atoms with Crippen molar-refractivity contribution >= 4 is 12.1 Å². The van der Waals surface area contributed by atoms with Crippen LogP contribution < -0.4 is 5.32 Å². The molecule has 0 aliphatic heterocycles. The van der Waals surface area contributed by atoms with Crippen molar-refractivity contribution in [2.24, 2.45) is 0 Å². The Hall–Kier alpha value is -2.32. The maximum atomic E-state index is 11.6. The summed E-state index contributed by atoms with van der Waals surface area (Å²) in [5, 5.41) is 2.63. The maximum Gasteiger partial charge on any atom is 0.407 e. The van der Waals surface area contributed by atoms with Crippen LogP contribution >= 0.6 is 0 Å². The molecule has 0 spiro atoms. The Balaban J connectivity index is 1.68. The van der Waals surface area contributed by atoms with Crippen LogP contribution in [-0.4, -0.2) is 118 Å². The van der Waals surface area contributed by atoms with Gasteiger partial charge in [-0.3, -0.25) is 4.79 Å². The second-order valence-corrected chi connectivity index (χ2v) is 7.62. The van der Waals surface area contributed by atoms with Gasteiger partial charge in [-0.2, -0.15) is 0 Å². The second-order valence-electron chi connectivity index (χ2n) is 7.62. The number of hydrogen-bond acceptors (Lipinski definition) is 11. The van der Waals surface area contributed by atoms with Crippen molar-refractivity contribution in [1.29, 1.82) is 0 Å². The molecular weight excluding hydrogens is 502 g/mol. The third-order valence-corrected chi connectivity index (χ3v) is 4.49. The molecule has 1 N–H and O–H groups in total. The molecule has 0 aromatic heterocycles. The number of amides is 1. The van der Waals surface area contributed by atoms with Crippen molar-refractivity contribution in [2.75, 3.05) is 106 Å². The highest BCUT2D eigenvalue weighted by molar-refractivity contribution is 5.67. The summed E-state index contributed by atoms with van der Waals surface area (Å²) in [6, 6.07) is 9.49. The molecule has 0 atom stereocenters. The summed E-state index contributed by atoms with van der Waals surface area (Å²) in [6.07, 6.45) is -0.471. The number of benzene rings is 1. The zero-order valence-corrected chi connectivity index (χ0v) is 22.4. The molecule has 0 radical (unpaired) electrons. The van der Waals surface area contributed by atoms with Gasteiger partial charge in [0.1, 0.15) is 13.2 Å². The molecule has 0 saturated carbocycles. The van der Waals surface area contributed by atoms with Gasteiger partial charge in [0, 0.05) is 13.5 Å². The van der Waals surface area contributed by atoms with Crippen LogP contribution in [-0.2, 0) is 54.0 Å². The molecule has 1 aromatic carbocycles. The second kappa shape index (κ2) is 26.3. The number of carbonyl (C=O) groups is 2. The largest absolute Gasteiger partial charge is 0.463 e. The Morgan fingerprint density at radius 2 is 0.947 bits per heavy atom. The Bertz CT molecular complexity index is 678. The first-order chi connectivity index (χ1) is 18.7. The summed E-state index contributed by atoms with van der Waals surface area (Å²) < 4.78 is 47.5. The summed E-state index contributed by atoms with van der Waals surface area (Å²) >= 11 is 0. The third kappa shape index (κ3) is 24.0. The van der Waals surface area contributed by atoms with E-state index in [0.29, 0.717) is 99.0 Å². The summed E-state index contributed by atoms with van der Waals surface area (Å²) in [6.45, 7) is 8.55. The minimum atomic E-state index is -0.471. The van der Waals surface area contributed by atoms with Gasteiger partial charge in [-0.05, 0) is 5.56 Å². The quantitative estimate of drug-likeness (QED) is 0.135. The lowest BCUT2D eigenvalue weighted by molar-refractivity contribution is -0.142. The Morgan fingerprint density at radius 3 is 1.37 bits per heavy atom. The predicted octanol–water partition coefficient (Wildman–Crippen LogP) is 1.59. The van der Waals surface area contributed by atoms with Crippen LogP contribution in [0, 0.1) is 0 Å². The van der Waals surface area contributed by atoms with Crippen LogP contribution in [0.2, 0.25) is 0 Å². The molecule has 12 nitrogen and oxygen atoms in total. The zero-order valence-electron chi connectivity index (χ0n) is 22.4. The van der Waals surface area contributed by atoms with Gasteiger partial charge in [-0.1, -0.05) is 30.3 Å². The molecule has 12 heteroatoms. The standard InChI is InChI=1S/C26H43NO11/c1-24(28)37-22-21-36-20-19-35-18-17-34-16-15-33-14-13-32-12-11-31-10-9-30-8-7-27-26(29)38-23-25-5-3-2-4-6-25/h2-6H,7-23H2,1H3,(H,27,29). The molecule has 1 amide bonds. The molecule has 0 bridgehead atoms. The summed E-state index contributed by atoms with van der Waals surface area (Å²) in [5.74, 6) is -0.315. The molecule has 218 valence electrons. The van der Waals surface area contributed by atoms with Gasteiger partial charge in [0.15, 0.2) is 0 Å². The Labute approximate surface area is 225 Å². The van der Waals surface area contributed by atoms with E-state index in [1.54, 1.807) is 0 Å². The molecular formula is C26H43NO11. The number of alkyl carbamates (subject to hydrolysis) is 1. The Kier molecular flexibility index (Phi) is 23.3. The van der Waals surface area contributed by atoms with Gasteiger partial charge in [-0.15, -0.1) is 0 Å². The van der Waals surface area contributed by atoms with Crippen molar-refractivity contribution in [3.63, 3.8) is 0 Å². The van der Waals surface area contributed by atoms with E-state index in [-0.39, 0.29) is 19.2 Å². The van der Waals surface area contributed by atoms with E-state index in [9.17, 15) is 9.59 Å². The number of carbonyl (C=O) groups excluding carboxylic acids is 2. The SMILES string of the molecule is CC(=O)OCCOCCOCCOCCOCCOCCOCCOCCNC(=O)OCc1ccccc1. The molecule has 0 unspecified atom stereocenters. The molecule has 0 heterocycles. The lowest BCUT2D eigenvalue weighted by Gasteiger charge is -2.09. The lowest BCUT2D eigenvalue weighted by Crippen LogP contribution is -2.28. The maximum absolute atomic E-state index is 11.6. The molecule has 0 aliphatic carbocycles. The molecule has 1 rings (SSSR count). The molecule has 1 aromatic rings. The molecule has 0 fully saturated rings. The van der Waals surface area contributed by atoms with Crippen molar-refractivity contribution < 1.29 is 52.2 Å². The zero-order chi connectivity index (χ0) is 27.4. The van der Waals surface area contributed by atoms with Crippen LogP contribution in [0.15, 0.2) is 30.3 Å². The topological polar surface area (TPSA) is 129 Å². The monoisotopic (exact) mass is 545 g/mol. The first-order valence-corrected chi connectivity index (χ1v) is 12.8. The van der Waals surface area contributed by atoms with Gasteiger partial charge in [0.2, 0.25) is 0 Å². The normalized spacial score (nSPS) is 10.9. The minimum Gasteiger partial charge on any atom is -0.463 e. The van der Waals surface area contributed by atoms with Gasteiger partial charge < -0.3 is 47.9 Å². The van der Waals surface area contributed by atoms with E-state index < -0.39 is 6.09 Å². The van der Waals surface area contributed by atoms with Crippen molar-refractivity contribution in [1.82, 2.24) is 5.32 Å². The first kappa shape index (κ1) is 33.7. The first-order valence-electron chi connectivity index (χ1n) is 12.8. The fourth-order valence-electron chi connectivity index (χ4n) is 2.67. The Morgan fingerprint density at radius 1 is 0.553 bits per heavy atom. The highest BCUT2D eigenvalue weighted by Gasteiger charge is 2.01. The lowest BCUT2D eigenvalue weighted by atomic mass is 10.2. The fourth-order valence-corrected chi connectivity index (χ4v) is 2.67. The van der Waals surface area contributed by atoms with Crippen LogP contribution in [0.25, 0.3) is 0 Å². The summed E-state index contributed by atoms with van der Waals surface area (Å²) in [7, 11) is 0. The number of hydrogen-bond donors (Lipinski definition) is 1. The van der Waals surface area contributed by atoms with Crippen molar-refractivity contribution in [2.45, 2.75) is 13.5 Å². The van der Waals surface area contributed by atoms with Crippen LogP contribution in [0.4, 0.5) is 4.79 Å². The third-order valence-electron chi connectivity index (χ3n) is 4.49. The minimum absolute atomic E-state index is 0.237. The van der Waals surface area contributed by atoms with Crippen LogP contribution in [0.5, 0.6) is 0 Å². The number of ether oxygens (including phenoxy) is 9. The molecule has 0 saturated heterocycles. The summed E-state index contributed by atoms with van der Waals surface area (Å²) in [4.78, 5) is 22.2. The molecule has 0 aliphatic rings. The van der Waals surface area contributed by atoms with Crippen LogP contribution in [0.3, 0.4) is 0 Å². The van der Waals surface area contributed by atoms with E-state index in [1.165, 1.54) is 6.92 Å². The number of nitrogens with one attached hydrogen (secondary N) is 1. The summed E-state index contributed by atoms with van der Waals surface area (Å²) in [5.41, 5.74) is 0.936. The van der Waals surface area contributed by atoms with Crippen molar-refractivity contribution in [3.05, 3.63) is 35.9 Å². The van der Waals surface area contributed by atoms with E-state index in [2.05, 4.69) is 5.32 Å². The molecule has 38 heavy (non-hydrogen) atoms. The number of rotatable bonds is 26. The van der Waals surface area contributed by atoms with Crippen LogP contribution in [0.1, 0.15) is 12.5 Å². The van der Waals surface area contributed by atoms with Gasteiger partial charge in [0.25, 0.3) is 0 Å².